The molecule has 0 aromatic heterocycles. The zero-order valence-corrected chi connectivity index (χ0v) is 10.6. The molecular weight excluding hydrogens is 214 g/mol. The fourth-order valence-electron chi connectivity index (χ4n) is 1.24. The average Bonchev–Trinajstić information content (AvgIpc) is 2.23. The monoisotopic (exact) mass is 233 g/mol. The Kier molecular flexibility index (Phi) is 4.76. The minimum absolute atomic E-state index is 0.429. The van der Waals surface area contributed by atoms with Crippen LogP contribution in [0.4, 0.5) is 4.79 Å². The SMILES string of the molecule is CC(C)(C)OC(=O)N/C=C\Cc1ccccc1. The molecule has 0 saturated carbocycles. The van der Waals surface area contributed by atoms with E-state index in [1.807, 2.05) is 57.2 Å². The lowest BCUT2D eigenvalue weighted by atomic mass is 10.1. The minimum atomic E-state index is -0.461. The third-order valence-corrected chi connectivity index (χ3v) is 1.91. The number of alkyl carbamates (subject to hydrolysis) is 1. The number of benzene rings is 1. The number of carbonyl (C=O) groups excluding carboxylic acids is 1. The second-order valence-electron chi connectivity index (χ2n) is 4.74. The molecule has 0 fully saturated rings. The van der Waals surface area contributed by atoms with Gasteiger partial charge in [-0.15, -0.1) is 0 Å². The first-order valence-electron chi connectivity index (χ1n) is 5.66. The summed E-state index contributed by atoms with van der Waals surface area (Å²) >= 11 is 0. The summed E-state index contributed by atoms with van der Waals surface area (Å²) in [6.45, 7) is 5.50. The Balaban J connectivity index is 2.29. The molecule has 1 amide bonds. The molecule has 0 aliphatic carbocycles. The largest absolute Gasteiger partial charge is 0.444 e. The van der Waals surface area contributed by atoms with Crippen LogP contribution in [0.3, 0.4) is 0 Å². The van der Waals surface area contributed by atoms with Crippen LogP contribution in [0.1, 0.15) is 26.3 Å². The van der Waals surface area contributed by atoms with Crippen molar-refractivity contribution in [2.75, 3.05) is 0 Å². The molecule has 3 nitrogen and oxygen atoms in total. The first kappa shape index (κ1) is 13.3. The van der Waals surface area contributed by atoms with Crippen LogP contribution in [-0.2, 0) is 11.2 Å². The van der Waals surface area contributed by atoms with E-state index in [0.717, 1.165) is 6.42 Å². The van der Waals surface area contributed by atoms with Crippen molar-refractivity contribution in [3.8, 4) is 0 Å². The predicted octanol–water partition coefficient (Wildman–Crippen LogP) is 3.27. The second-order valence-corrected chi connectivity index (χ2v) is 4.74. The van der Waals surface area contributed by atoms with Gasteiger partial charge < -0.3 is 4.74 Å². The molecule has 0 atom stereocenters. The fourth-order valence-corrected chi connectivity index (χ4v) is 1.24. The summed E-state index contributed by atoms with van der Waals surface area (Å²) < 4.78 is 5.09. The van der Waals surface area contributed by atoms with Gasteiger partial charge in [-0.05, 0) is 32.8 Å². The maximum atomic E-state index is 11.3. The van der Waals surface area contributed by atoms with Gasteiger partial charge in [0.2, 0.25) is 0 Å². The Morgan fingerprint density at radius 3 is 2.53 bits per heavy atom. The Labute approximate surface area is 102 Å². The topological polar surface area (TPSA) is 38.3 Å². The molecule has 1 aromatic carbocycles. The Morgan fingerprint density at radius 2 is 1.94 bits per heavy atom. The van der Waals surface area contributed by atoms with Gasteiger partial charge in [-0.25, -0.2) is 4.79 Å². The van der Waals surface area contributed by atoms with Gasteiger partial charge in [0.05, 0.1) is 0 Å². The lowest BCUT2D eigenvalue weighted by Gasteiger charge is -2.18. The van der Waals surface area contributed by atoms with Crippen molar-refractivity contribution in [3.05, 3.63) is 48.2 Å². The van der Waals surface area contributed by atoms with Crippen molar-refractivity contribution in [1.29, 1.82) is 0 Å². The van der Waals surface area contributed by atoms with E-state index in [0.29, 0.717) is 0 Å². The normalized spacial score (nSPS) is 11.5. The number of rotatable bonds is 3. The Morgan fingerprint density at radius 1 is 1.29 bits per heavy atom. The molecule has 0 aliphatic rings. The molecule has 0 bridgehead atoms. The van der Waals surface area contributed by atoms with Crippen molar-refractivity contribution < 1.29 is 9.53 Å². The highest BCUT2D eigenvalue weighted by Gasteiger charge is 2.14. The lowest BCUT2D eigenvalue weighted by Crippen LogP contribution is -2.29. The van der Waals surface area contributed by atoms with E-state index in [2.05, 4.69) is 5.32 Å². The third kappa shape index (κ3) is 6.40. The molecule has 1 N–H and O–H groups in total. The summed E-state index contributed by atoms with van der Waals surface area (Å²) in [6.07, 6.45) is 3.86. The highest BCUT2D eigenvalue weighted by molar-refractivity contribution is 5.68. The van der Waals surface area contributed by atoms with Crippen molar-refractivity contribution in [2.24, 2.45) is 0 Å². The first-order chi connectivity index (χ1) is 7.97. The average molecular weight is 233 g/mol. The van der Waals surface area contributed by atoms with Crippen LogP contribution >= 0.6 is 0 Å². The Bertz CT molecular complexity index is 377. The number of carbonyl (C=O) groups is 1. The van der Waals surface area contributed by atoms with Gasteiger partial charge in [-0.2, -0.15) is 0 Å². The molecule has 17 heavy (non-hydrogen) atoms. The van der Waals surface area contributed by atoms with Crippen molar-refractivity contribution in [2.45, 2.75) is 32.8 Å². The molecule has 0 spiro atoms. The summed E-state index contributed by atoms with van der Waals surface area (Å²) in [5.74, 6) is 0. The summed E-state index contributed by atoms with van der Waals surface area (Å²) in [6, 6.07) is 10.0. The van der Waals surface area contributed by atoms with E-state index >= 15 is 0 Å². The van der Waals surface area contributed by atoms with Crippen molar-refractivity contribution in [1.82, 2.24) is 5.32 Å². The number of allylic oxidation sites excluding steroid dienone is 1. The molecule has 1 aromatic rings. The van der Waals surface area contributed by atoms with E-state index in [1.54, 1.807) is 6.20 Å². The van der Waals surface area contributed by atoms with Crippen LogP contribution in [0.15, 0.2) is 42.6 Å². The first-order valence-corrected chi connectivity index (χ1v) is 5.66. The molecule has 0 heterocycles. The van der Waals surface area contributed by atoms with Gasteiger partial charge >= 0.3 is 6.09 Å². The molecular formula is C14H19NO2. The summed E-state index contributed by atoms with van der Waals surface area (Å²) in [7, 11) is 0. The Hall–Kier alpha value is -1.77. The second kappa shape index (κ2) is 6.09. The minimum Gasteiger partial charge on any atom is -0.444 e. The van der Waals surface area contributed by atoms with Crippen LogP contribution in [-0.4, -0.2) is 11.7 Å². The predicted molar refractivity (Wildman–Crippen MR) is 68.7 cm³/mol. The van der Waals surface area contributed by atoms with Crippen LogP contribution in [0.25, 0.3) is 0 Å². The van der Waals surface area contributed by atoms with E-state index in [-0.39, 0.29) is 0 Å². The number of amides is 1. The number of ether oxygens (including phenoxy) is 1. The van der Waals surface area contributed by atoms with E-state index in [1.165, 1.54) is 5.56 Å². The van der Waals surface area contributed by atoms with Crippen LogP contribution < -0.4 is 5.32 Å². The maximum Gasteiger partial charge on any atom is 0.411 e. The molecule has 0 unspecified atom stereocenters. The third-order valence-electron chi connectivity index (χ3n) is 1.91. The van der Waals surface area contributed by atoms with Gasteiger partial charge in [0, 0.05) is 6.20 Å². The summed E-state index contributed by atoms with van der Waals surface area (Å²) in [4.78, 5) is 11.3. The van der Waals surface area contributed by atoms with Crippen molar-refractivity contribution >= 4 is 6.09 Å². The van der Waals surface area contributed by atoms with E-state index in [4.69, 9.17) is 4.74 Å². The highest BCUT2D eigenvalue weighted by Crippen LogP contribution is 2.06. The van der Waals surface area contributed by atoms with Gasteiger partial charge in [0.15, 0.2) is 0 Å². The van der Waals surface area contributed by atoms with Crippen LogP contribution in [0, 0.1) is 0 Å². The summed E-state index contributed by atoms with van der Waals surface area (Å²) in [5, 5.41) is 2.57. The molecule has 0 radical (unpaired) electrons. The van der Waals surface area contributed by atoms with Crippen LogP contribution in [0.2, 0.25) is 0 Å². The van der Waals surface area contributed by atoms with E-state index < -0.39 is 11.7 Å². The maximum absolute atomic E-state index is 11.3. The number of nitrogens with one attached hydrogen (secondary N) is 1. The zero-order chi connectivity index (χ0) is 12.7. The molecule has 92 valence electrons. The molecule has 1 rings (SSSR count). The molecule has 3 heteroatoms. The summed E-state index contributed by atoms with van der Waals surface area (Å²) in [5.41, 5.74) is 0.743. The number of hydrogen-bond acceptors (Lipinski definition) is 2. The smallest absolute Gasteiger partial charge is 0.411 e. The molecule has 0 saturated heterocycles. The lowest BCUT2D eigenvalue weighted by molar-refractivity contribution is 0.0552. The number of hydrogen-bond donors (Lipinski definition) is 1. The molecule has 0 aliphatic heterocycles. The van der Waals surface area contributed by atoms with Gasteiger partial charge in [-0.3, -0.25) is 5.32 Å². The zero-order valence-electron chi connectivity index (χ0n) is 10.6. The highest BCUT2D eigenvalue weighted by atomic mass is 16.6. The van der Waals surface area contributed by atoms with Gasteiger partial charge in [0.1, 0.15) is 5.60 Å². The van der Waals surface area contributed by atoms with E-state index in [9.17, 15) is 4.79 Å². The van der Waals surface area contributed by atoms with Gasteiger partial charge in [0.25, 0.3) is 0 Å². The van der Waals surface area contributed by atoms with Gasteiger partial charge in [-0.1, -0.05) is 36.4 Å². The van der Waals surface area contributed by atoms with Crippen molar-refractivity contribution in [3.63, 3.8) is 0 Å². The quantitative estimate of drug-likeness (QED) is 0.870. The van der Waals surface area contributed by atoms with Crippen LogP contribution in [0.5, 0.6) is 0 Å². The standard InChI is InChI=1S/C14H19NO2/c1-14(2,3)17-13(16)15-11-7-10-12-8-5-4-6-9-12/h4-9,11H,10H2,1-3H3,(H,15,16)/b11-7-. The fraction of sp³-hybridized carbons (Fsp3) is 0.357.